The van der Waals surface area contributed by atoms with E-state index >= 15 is 0 Å². The summed E-state index contributed by atoms with van der Waals surface area (Å²) in [6, 6.07) is 8.52. The first-order valence-electron chi connectivity index (χ1n) is 6.89. The van der Waals surface area contributed by atoms with Crippen LogP contribution in [0.4, 0.5) is 0 Å². The molecule has 4 nitrogen and oxygen atoms in total. The molecule has 1 unspecified atom stereocenters. The fourth-order valence-corrected chi connectivity index (χ4v) is 2.76. The highest BCUT2D eigenvalue weighted by atomic mass is 16.5. The van der Waals surface area contributed by atoms with Gasteiger partial charge in [-0.25, -0.2) is 0 Å². The average Bonchev–Trinajstić information content (AvgIpc) is 2.93. The van der Waals surface area contributed by atoms with Gasteiger partial charge in [-0.1, -0.05) is 29.4 Å². The largest absolute Gasteiger partial charge is 0.396 e. The van der Waals surface area contributed by atoms with E-state index in [1.165, 1.54) is 17.5 Å². The van der Waals surface area contributed by atoms with E-state index in [-0.39, 0.29) is 12.5 Å². The van der Waals surface area contributed by atoms with Crippen LogP contribution in [0.5, 0.6) is 0 Å². The van der Waals surface area contributed by atoms with E-state index < -0.39 is 0 Å². The first-order valence-corrected chi connectivity index (χ1v) is 6.89. The minimum atomic E-state index is 0.157. The normalized spacial score (nSPS) is 18.3. The Morgan fingerprint density at radius 1 is 1.32 bits per heavy atom. The zero-order chi connectivity index (χ0) is 13.1. The Morgan fingerprint density at radius 2 is 2.21 bits per heavy atom. The van der Waals surface area contributed by atoms with Gasteiger partial charge in [0.15, 0.2) is 5.82 Å². The van der Waals surface area contributed by atoms with Gasteiger partial charge in [-0.2, -0.15) is 4.98 Å². The standard InChI is InChI=1S/C15H18N2O2/c18-10-4-9-14-16-15(17-19-14)13-8-3-6-11-5-1-2-7-12(11)13/h1-2,5,7,13,18H,3-4,6,8-10H2. The molecule has 0 amide bonds. The third-order valence-corrected chi connectivity index (χ3v) is 3.71. The fourth-order valence-electron chi connectivity index (χ4n) is 2.76. The van der Waals surface area contributed by atoms with Crippen molar-refractivity contribution >= 4 is 0 Å². The van der Waals surface area contributed by atoms with Gasteiger partial charge in [0.1, 0.15) is 0 Å². The maximum Gasteiger partial charge on any atom is 0.226 e. The summed E-state index contributed by atoms with van der Waals surface area (Å²) in [4.78, 5) is 4.48. The molecule has 0 saturated heterocycles. The molecule has 100 valence electrons. The number of hydrogen-bond acceptors (Lipinski definition) is 4. The third kappa shape index (κ3) is 2.54. The molecular weight excluding hydrogens is 240 g/mol. The van der Waals surface area contributed by atoms with Gasteiger partial charge in [0.25, 0.3) is 0 Å². The van der Waals surface area contributed by atoms with E-state index in [0.717, 1.165) is 18.7 Å². The molecule has 2 aromatic rings. The zero-order valence-corrected chi connectivity index (χ0v) is 10.9. The number of aryl methyl sites for hydroxylation is 2. The molecule has 19 heavy (non-hydrogen) atoms. The molecule has 0 saturated carbocycles. The molecule has 0 aliphatic heterocycles. The van der Waals surface area contributed by atoms with Crippen molar-refractivity contribution in [3.63, 3.8) is 0 Å². The lowest BCUT2D eigenvalue weighted by Gasteiger charge is -2.22. The molecule has 0 radical (unpaired) electrons. The smallest absolute Gasteiger partial charge is 0.226 e. The van der Waals surface area contributed by atoms with E-state index in [9.17, 15) is 0 Å². The maximum atomic E-state index is 8.82. The van der Waals surface area contributed by atoms with E-state index in [1.807, 2.05) is 0 Å². The quantitative estimate of drug-likeness (QED) is 0.915. The molecule has 4 heteroatoms. The Hall–Kier alpha value is -1.68. The van der Waals surface area contributed by atoms with Crippen LogP contribution in [0.2, 0.25) is 0 Å². The molecule has 1 heterocycles. The van der Waals surface area contributed by atoms with Crippen LogP contribution >= 0.6 is 0 Å². The number of rotatable bonds is 4. The molecule has 1 N–H and O–H groups in total. The zero-order valence-electron chi connectivity index (χ0n) is 10.9. The number of aromatic nitrogens is 2. The van der Waals surface area contributed by atoms with Gasteiger partial charge in [-0.05, 0) is 36.8 Å². The second-order valence-electron chi connectivity index (χ2n) is 5.02. The first kappa shape index (κ1) is 12.4. The number of aliphatic hydroxyl groups is 1. The van der Waals surface area contributed by atoms with Crippen molar-refractivity contribution in [1.29, 1.82) is 0 Å². The Kier molecular flexibility index (Phi) is 3.60. The van der Waals surface area contributed by atoms with Crippen molar-refractivity contribution in [1.82, 2.24) is 10.1 Å². The van der Waals surface area contributed by atoms with Crippen molar-refractivity contribution in [3.05, 3.63) is 47.1 Å². The van der Waals surface area contributed by atoms with Crippen molar-refractivity contribution in [2.24, 2.45) is 0 Å². The monoisotopic (exact) mass is 258 g/mol. The van der Waals surface area contributed by atoms with Crippen LogP contribution in [0.15, 0.2) is 28.8 Å². The minimum Gasteiger partial charge on any atom is -0.396 e. The van der Waals surface area contributed by atoms with Crippen LogP contribution in [0.25, 0.3) is 0 Å². The van der Waals surface area contributed by atoms with Gasteiger partial charge in [-0.15, -0.1) is 0 Å². The summed E-state index contributed by atoms with van der Waals surface area (Å²) in [6.07, 6.45) is 4.71. The molecule has 1 aliphatic rings. The summed E-state index contributed by atoms with van der Waals surface area (Å²) in [5.41, 5.74) is 2.74. The molecule has 1 aromatic carbocycles. The van der Waals surface area contributed by atoms with Crippen LogP contribution in [0.3, 0.4) is 0 Å². The predicted molar refractivity (Wildman–Crippen MR) is 70.9 cm³/mol. The number of aliphatic hydroxyl groups excluding tert-OH is 1. The molecule has 0 fully saturated rings. The number of benzene rings is 1. The molecule has 0 spiro atoms. The highest BCUT2D eigenvalue weighted by Gasteiger charge is 2.25. The average molecular weight is 258 g/mol. The second-order valence-corrected chi connectivity index (χ2v) is 5.02. The number of hydrogen-bond donors (Lipinski definition) is 1. The summed E-state index contributed by atoms with van der Waals surface area (Å²) in [5, 5.41) is 12.9. The van der Waals surface area contributed by atoms with Crippen LogP contribution in [-0.2, 0) is 12.8 Å². The molecule has 1 atom stereocenters. The molecule has 1 aromatic heterocycles. The van der Waals surface area contributed by atoms with E-state index in [2.05, 4.69) is 34.4 Å². The van der Waals surface area contributed by atoms with E-state index in [1.54, 1.807) is 0 Å². The molecular formula is C15H18N2O2. The Balaban J connectivity index is 1.85. The lowest BCUT2D eigenvalue weighted by molar-refractivity contribution is 0.278. The lowest BCUT2D eigenvalue weighted by atomic mass is 9.82. The fraction of sp³-hybridized carbons (Fsp3) is 0.467. The number of nitrogens with zero attached hydrogens (tertiary/aromatic N) is 2. The molecule has 1 aliphatic carbocycles. The van der Waals surface area contributed by atoms with Crippen LogP contribution < -0.4 is 0 Å². The lowest BCUT2D eigenvalue weighted by Crippen LogP contribution is -2.12. The SMILES string of the molecule is OCCCc1nc(C2CCCc3ccccc32)no1. The first-order chi connectivity index (χ1) is 9.38. The van der Waals surface area contributed by atoms with Gasteiger partial charge >= 0.3 is 0 Å². The Labute approximate surface area is 112 Å². The maximum absolute atomic E-state index is 8.82. The second kappa shape index (κ2) is 5.53. The molecule has 3 rings (SSSR count). The van der Waals surface area contributed by atoms with Gasteiger partial charge in [0.05, 0.1) is 0 Å². The van der Waals surface area contributed by atoms with Crippen molar-refractivity contribution < 1.29 is 9.63 Å². The van der Waals surface area contributed by atoms with Crippen LogP contribution in [0.1, 0.15) is 48.0 Å². The van der Waals surface area contributed by atoms with Crippen LogP contribution in [-0.4, -0.2) is 21.9 Å². The van der Waals surface area contributed by atoms with Crippen molar-refractivity contribution in [3.8, 4) is 0 Å². The highest BCUT2D eigenvalue weighted by molar-refractivity contribution is 5.36. The Morgan fingerprint density at radius 3 is 3.11 bits per heavy atom. The number of fused-ring (bicyclic) bond motifs is 1. The summed E-state index contributed by atoms with van der Waals surface area (Å²) in [6.45, 7) is 0.157. The highest BCUT2D eigenvalue weighted by Crippen LogP contribution is 2.35. The topological polar surface area (TPSA) is 59.2 Å². The van der Waals surface area contributed by atoms with Crippen molar-refractivity contribution in [2.75, 3.05) is 6.61 Å². The van der Waals surface area contributed by atoms with Crippen molar-refractivity contribution in [2.45, 2.75) is 38.0 Å². The summed E-state index contributed by atoms with van der Waals surface area (Å²) < 4.78 is 5.26. The minimum absolute atomic E-state index is 0.157. The van der Waals surface area contributed by atoms with Gasteiger partial charge < -0.3 is 9.63 Å². The summed E-state index contributed by atoms with van der Waals surface area (Å²) in [7, 11) is 0. The predicted octanol–water partition coefficient (Wildman–Crippen LogP) is 2.46. The summed E-state index contributed by atoms with van der Waals surface area (Å²) >= 11 is 0. The van der Waals surface area contributed by atoms with Gasteiger partial charge in [0, 0.05) is 18.9 Å². The molecule has 0 bridgehead atoms. The van der Waals surface area contributed by atoms with Gasteiger partial charge in [-0.3, -0.25) is 0 Å². The third-order valence-electron chi connectivity index (χ3n) is 3.71. The Bertz CT molecular complexity index is 551. The summed E-state index contributed by atoms with van der Waals surface area (Å²) in [5.74, 6) is 1.68. The van der Waals surface area contributed by atoms with Gasteiger partial charge in [0.2, 0.25) is 5.89 Å². The van der Waals surface area contributed by atoms with E-state index in [0.29, 0.717) is 18.7 Å². The van der Waals surface area contributed by atoms with Crippen LogP contribution in [0, 0.1) is 0 Å². The van der Waals surface area contributed by atoms with E-state index in [4.69, 9.17) is 9.63 Å².